The summed E-state index contributed by atoms with van der Waals surface area (Å²) >= 11 is 0. The largest absolute Gasteiger partial charge is 0.344 e. The van der Waals surface area contributed by atoms with Crippen LogP contribution in [0.4, 0.5) is 0 Å². The van der Waals surface area contributed by atoms with E-state index in [1.165, 1.54) is 0 Å². The van der Waals surface area contributed by atoms with Gasteiger partial charge in [-0.15, -0.1) is 6.42 Å². The maximum atomic E-state index is 11.3. The smallest absolute Gasteiger partial charge is 0.240 e. The monoisotopic (exact) mass is 218 g/mol. The van der Waals surface area contributed by atoms with Crippen molar-refractivity contribution in [3.63, 3.8) is 0 Å². The number of Topliss-reactive ketones (excluding diaryl/α,β-unsaturated/α-hetero) is 1. The first-order valence-electron chi connectivity index (χ1n) is 5.06. The van der Waals surface area contributed by atoms with Crippen molar-refractivity contribution in [3.05, 3.63) is 24.0 Å². The molecular weight excluding hydrogens is 204 g/mol. The molecule has 4 heteroatoms. The lowest BCUT2D eigenvalue weighted by Crippen LogP contribution is -2.27. The number of carbonyl (C=O) groups is 2. The van der Waals surface area contributed by atoms with Gasteiger partial charge in [0.1, 0.15) is 6.54 Å². The number of ketones is 1. The highest BCUT2D eigenvalue weighted by Crippen LogP contribution is 2.04. The summed E-state index contributed by atoms with van der Waals surface area (Å²) in [7, 11) is 0. The first-order chi connectivity index (χ1) is 7.67. The number of aromatic nitrogens is 1. The Morgan fingerprint density at radius 1 is 1.56 bits per heavy atom. The molecule has 0 fully saturated rings. The number of amides is 1. The van der Waals surface area contributed by atoms with Gasteiger partial charge in [0.05, 0.1) is 6.54 Å². The fourth-order valence-electron chi connectivity index (χ4n) is 1.28. The molecule has 0 aliphatic carbocycles. The van der Waals surface area contributed by atoms with Crippen LogP contribution in [0.1, 0.15) is 23.7 Å². The van der Waals surface area contributed by atoms with Crippen LogP contribution in [0.2, 0.25) is 0 Å². The summed E-state index contributed by atoms with van der Waals surface area (Å²) in [6, 6.07) is 1.71. The second-order valence-corrected chi connectivity index (χ2v) is 3.33. The van der Waals surface area contributed by atoms with E-state index in [1.807, 2.05) is 0 Å². The second kappa shape index (κ2) is 5.76. The Balaban J connectivity index is 2.56. The third-order valence-corrected chi connectivity index (χ3v) is 2.11. The van der Waals surface area contributed by atoms with Crippen molar-refractivity contribution in [2.24, 2.45) is 0 Å². The molecule has 0 radical (unpaired) electrons. The van der Waals surface area contributed by atoms with Crippen LogP contribution in [0, 0.1) is 12.3 Å². The number of terminal acetylenes is 1. The zero-order valence-corrected chi connectivity index (χ0v) is 9.19. The number of hydrogen-bond donors (Lipinski definition) is 1. The SMILES string of the molecule is C#CCNC(=O)Cn1ccc(C(=O)CC)c1. The molecule has 1 heterocycles. The van der Waals surface area contributed by atoms with Crippen LogP contribution in [0.3, 0.4) is 0 Å². The molecule has 1 aromatic rings. The average molecular weight is 218 g/mol. The van der Waals surface area contributed by atoms with Gasteiger partial charge in [-0.1, -0.05) is 12.8 Å². The fourth-order valence-corrected chi connectivity index (χ4v) is 1.28. The molecule has 0 aliphatic heterocycles. The standard InChI is InChI=1S/C12H14N2O2/c1-3-6-13-12(16)9-14-7-5-10(8-14)11(15)4-2/h1,5,7-8H,4,6,9H2,2H3,(H,13,16). The molecule has 1 aromatic heterocycles. The lowest BCUT2D eigenvalue weighted by atomic mass is 10.2. The van der Waals surface area contributed by atoms with E-state index in [-0.39, 0.29) is 24.8 Å². The number of nitrogens with one attached hydrogen (secondary N) is 1. The number of nitrogens with zero attached hydrogens (tertiary/aromatic N) is 1. The van der Waals surface area contributed by atoms with Crippen molar-refractivity contribution >= 4 is 11.7 Å². The van der Waals surface area contributed by atoms with Crippen molar-refractivity contribution in [1.82, 2.24) is 9.88 Å². The summed E-state index contributed by atoms with van der Waals surface area (Å²) in [6.45, 7) is 2.21. The van der Waals surface area contributed by atoms with Crippen molar-refractivity contribution < 1.29 is 9.59 Å². The molecule has 0 aromatic carbocycles. The van der Waals surface area contributed by atoms with E-state index in [4.69, 9.17) is 6.42 Å². The summed E-state index contributed by atoms with van der Waals surface area (Å²) in [4.78, 5) is 22.7. The van der Waals surface area contributed by atoms with Crippen molar-refractivity contribution in [2.75, 3.05) is 6.54 Å². The summed E-state index contributed by atoms with van der Waals surface area (Å²) in [5, 5.41) is 2.55. The third kappa shape index (κ3) is 3.28. The quantitative estimate of drug-likeness (QED) is 0.588. The van der Waals surface area contributed by atoms with E-state index >= 15 is 0 Å². The summed E-state index contributed by atoms with van der Waals surface area (Å²) < 4.78 is 1.66. The predicted octanol–water partition coefficient (Wildman–Crippen LogP) is 0.830. The Kier molecular flexibility index (Phi) is 4.34. The Morgan fingerprint density at radius 2 is 2.31 bits per heavy atom. The van der Waals surface area contributed by atoms with Crippen LogP contribution in [0.25, 0.3) is 0 Å². The molecular formula is C12H14N2O2. The van der Waals surface area contributed by atoms with Gasteiger partial charge in [0.25, 0.3) is 0 Å². The Bertz CT molecular complexity index is 426. The number of carbonyl (C=O) groups excluding carboxylic acids is 2. The van der Waals surface area contributed by atoms with Gasteiger partial charge in [-0.3, -0.25) is 9.59 Å². The van der Waals surface area contributed by atoms with Gasteiger partial charge in [-0.25, -0.2) is 0 Å². The van der Waals surface area contributed by atoms with Gasteiger partial charge in [0.2, 0.25) is 5.91 Å². The lowest BCUT2D eigenvalue weighted by Gasteiger charge is -2.02. The minimum atomic E-state index is -0.163. The summed E-state index contributed by atoms with van der Waals surface area (Å²) in [5.74, 6) is 2.23. The predicted molar refractivity (Wildman–Crippen MR) is 60.9 cm³/mol. The highest BCUT2D eigenvalue weighted by molar-refractivity contribution is 5.95. The number of hydrogen-bond acceptors (Lipinski definition) is 2. The van der Waals surface area contributed by atoms with Crippen LogP contribution in [-0.4, -0.2) is 22.8 Å². The second-order valence-electron chi connectivity index (χ2n) is 3.33. The molecule has 0 atom stereocenters. The van der Waals surface area contributed by atoms with E-state index in [9.17, 15) is 9.59 Å². The minimum Gasteiger partial charge on any atom is -0.344 e. The fraction of sp³-hybridized carbons (Fsp3) is 0.333. The molecule has 0 unspecified atom stereocenters. The Morgan fingerprint density at radius 3 is 2.94 bits per heavy atom. The van der Waals surface area contributed by atoms with E-state index in [1.54, 1.807) is 30.0 Å². The molecule has 1 rings (SSSR count). The molecule has 1 N–H and O–H groups in total. The van der Waals surface area contributed by atoms with E-state index in [0.29, 0.717) is 12.0 Å². The van der Waals surface area contributed by atoms with Gasteiger partial charge < -0.3 is 9.88 Å². The topological polar surface area (TPSA) is 51.1 Å². The molecule has 0 spiro atoms. The molecule has 0 saturated heterocycles. The zero-order valence-electron chi connectivity index (χ0n) is 9.19. The van der Waals surface area contributed by atoms with Crippen molar-refractivity contribution in [3.8, 4) is 12.3 Å². The van der Waals surface area contributed by atoms with Gasteiger partial charge >= 0.3 is 0 Å². The van der Waals surface area contributed by atoms with Crippen LogP contribution in [0.15, 0.2) is 18.5 Å². The third-order valence-electron chi connectivity index (χ3n) is 2.11. The maximum Gasteiger partial charge on any atom is 0.240 e. The van der Waals surface area contributed by atoms with Crippen molar-refractivity contribution in [2.45, 2.75) is 19.9 Å². The lowest BCUT2D eigenvalue weighted by molar-refractivity contribution is -0.121. The van der Waals surface area contributed by atoms with Gasteiger partial charge in [0.15, 0.2) is 5.78 Å². The molecule has 4 nitrogen and oxygen atoms in total. The van der Waals surface area contributed by atoms with Gasteiger partial charge in [-0.2, -0.15) is 0 Å². The highest BCUT2D eigenvalue weighted by atomic mass is 16.2. The Labute approximate surface area is 94.6 Å². The van der Waals surface area contributed by atoms with Crippen LogP contribution in [0.5, 0.6) is 0 Å². The molecule has 0 aliphatic rings. The van der Waals surface area contributed by atoms with Crippen LogP contribution in [-0.2, 0) is 11.3 Å². The zero-order chi connectivity index (χ0) is 12.0. The molecule has 0 bridgehead atoms. The highest BCUT2D eigenvalue weighted by Gasteiger charge is 2.06. The Hall–Kier alpha value is -2.02. The first-order valence-corrected chi connectivity index (χ1v) is 5.06. The summed E-state index contributed by atoms with van der Waals surface area (Å²) in [6.07, 6.45) is 8.86. The van der Waals surface area contributed by atoms with Gasteiger partial charge in [-0.05, 0) is 6.07 Å². The van der Waals surface area contributed by atoms with Crippen LogP contribution >= 0.6 is 0 Å². The van der Waals surface area contributed by atoms with E-state index < -0.39 is 0 Å². The van der Waals surface area contributed by atoms with Crippen molar-refractivity contribution in [1.29, 1.82) is 0 Å². The van der Waals surface area contributed by atoms with Gasteiger partial charge in [0, 0.05) is 24.4 Å². The maximum absolute atomic E-state index is 11.3. The van der Waals surface area contributed by atoms with Crippen LogP contribution < -0.4 is 5.32 Å². The normalized spacial score (nSPS) is 9.50. The number of rotatable bonds is 5. The minimum absolute atomic E-state index is 0.0720. The van der Waals surface area contributed by atoms with E-state index in [0.717, 1.165) is 0 Å². The molecule has 0 saturated carbocycles. The summed E-state index contributed by atoms with van der Waals surface area (Å²) in [5.41, 5.74) is 0.632. The average Bonchev–Trinajstić information content (AvgIpc) is 2.73. The molecule has 16 heavy (non-hydrogen) atoms. The molecule has 84 valence electrons. The van der Waals surface area contributed by atoms with E-state index in [2.05, 4.69) is 11.2 Å². The molecule has 1 amide bonds. The first kappa shape index (κ1) is 12.1.